The molecule has 2 N–H and O–H groups in total. The van der Waals surface area contributed by atoms with Crippen LogP contribution in [0.25, 0.3) is 0 Å². The Balaban J connectivity index is 2.03. The fourth-order valence-electron chi connectivity index (χ4n) is 2.03. The van der Waals surface area contributed by atoms with Gasteiger partial charge in [0.2, 0.25) is 0 Å². The average Bonchev–Trinajstić information content (AvgIpc) is 3.18. The summed E-state index contributed by atoms with van der Waals surface area (Å²) in [6.07, 6.45) is -1.82. The smallest absolute Gasteiger partial charge is 0.419 e. The Morgan fingerprint density at radius 1 is 1.33 bits per heavy atom. The van der Waals surface area contributed by atoms with E-state index in [9.17, 15) is 13.2 Å². The summed E-state index contributed by atoms with van der Waals surface area (Å²) >= 11 is 0. The number of nitrogens with two attached hydrogens (primary N) is 1. The predicted molar refractivity (Wildman–Crippen MR) is 73.0 cm³/mol. The molecule has 1 aromatic carbocycles. The zero-order valence-electron chi connectivity index (χ0n) is 12.0. The molecule has 0 bridgehead atoms. The highest BCUT2D eigenvalue weighted by Gasteiger charge is 2.34. The molecular formula is C15H20F3NO2. The largest absolute Gasteiger partial charge is 0.467 e. The predicted octanol–water partition coefficient (Wildman–Crippen LogP) is 3.36. The SMILES string of the molecule is CC(N)Cc1ccc(OCOCC2CC2)c(C(F)(F)F)c1. The van der Waals surface area contributed by atoms with E-state index in [-0.39, 0.29) is 18.6 Å². The maximum absolute atomic E-state index is 13.1. The van der Waals surface area contributed by atoms with Gasteiger partial charge in [-0.05, 0) is 49.8 Å². The van der Waals surface area contributed by atoms with E-state index >= 15 is 0 Å². The number of hydrogen-bond donors (Lipinski definition) is 1. The summed E-state index contributed by atoms with van der Waals surface area (Å²) in [6.45, 7) is 2.14. The fourth-order valence-corrected chi connectivity index (χ4v) is 2.03. The minimum Gasteiger partial charge on any atom is -0.467 e. The molecule has 1 unspecified atom stereocenters. The van der Waals surface area contributed by atoms with Crippen LogP contribution in [0.15, 0.2) is 18.2 Å². The second-order valence-electron chi connectivity index (χ2n) is 5.59. The zero-order chi connectivity index (χ0) is 15.5. The van der Waals surface area contributed by atoms with Crippen LogP contribution in [0, 0.1) is 5.92 Å². The highest BCUT2D eigenvalue weighted by molar-refractivity contribution is 5.39. The van der Waals surface area contributed by atoms with Gasteiger partial charge in [0.1, 0.15) is 5.75 Å². The first-order valence-electron chi connectivity index (χ1n) is 7.02. The Bertz CT molecular complexity index is 470. The van der Waals surface area contributed by atoms with Crippen molar-refractivity contribution in [2.45, 2.75) is 38.4 Å². The Labute approximate surface area is 122 Å². The van der Waals surface area contributed by atoms with Crippen LogP contribution in [0.3, 0.4) is 0 Å². The molecule has 0 saturated heterocycles. The van der Waals surface area contributed by atoms with Crippen molar-refractivity contribution in [3.63, 3.8) is 0 Å². The van der Waals surface area contributed by atoms with Crippen LogP contribution in [0.1, 0.15) is 30.9 Å². The van der Waals surface area contributed by atoms with Crippen molar-refractivity contribution < 1.29 is 22.6 Å². The van der Waals surface area contributed by atoms with Crippen molar-refractivity contribution in [2.24, 2.45) is 11.7 Å². The van der Waals surface area contributed by atoms with E-state index in [0.717, 1.165) is 18.9 Å². The normalized spacial score (nSPS) is 16.8. The van der Waals surface area contributed by atoms with Crippen molar-refractivity contribution in [2.75, 3.05) is 13.4 Å². The molecule has 1 atom stereocenters. The molecule has 1 aromatic rings. The molecule has 0 radical (unpaired) electrons. The van der Waals surface area contributed by atoms with Gasteiger partial charge in [-0.25, -0.2) is 0 Å². The van der Waals surface area contributed by atoms with E-state index in [2.05, 4.69) is 0 Å². The van der Waals surface area contributed by atoms with Gasteiger partial charge in [0, 0.05) is 6.04 Å². The molecule has 1 saturated carbocycles. The Kier molecular flexibility index (Phi) is 5.11. The Hall–Kier alpha value is -1.27. The average molecular weight is 303 g/mol. The van der Waals surface area contributed by atoms with Crippen LogP contribution in [-0.4, -0.2) is 19.4 Å². The third kappa shape index (κ3) is 5.21. The lowest BCUT2D eigenvalue weighted by Gasteiger charge is -2.16. The summed E-state index contributed by atoms with van der Waals surface area (Å²) in [5.41, 5.74) is 5.38. The van der Waals surface area contributed by atoms with Crippen LogP contribution < -0.4 is 10.5 Å². The Morgan fingerprint density at radius 2 is 2.05 bits per heavy atom. The first-order valence-corrected chi connectivity index (χ1v) is 7.02. The molecule has 0 spiro atoms. The van der Waals surface area contributed by atoms with Crippen molar-refractivity contribution in [1.82, 2.24) is 0 Å². The fraction of sp³-hybridized carbons (Fsp3) is 0.600. The van der Waals surface area contributed by atoms with Gasteiger partial charge in [-0.2, -0.15) is 13.2 Å². The monoisotopic (exact) mass is 303 g/mol. The van der Waals surface area contributed by atoms with Gasteiger partial charge in [-0.3, -0.25) is 0 Å². The second-order valence-corrected chi connectivity index (χ2v) is 5.59. The first kappa shape index (κ1) is 16.1. The van der Waals surface area contributed by atoms with Gasteiger partial charge >= 0.3 is 6.18 Å². The molecule has 0 aliphatic heterocycles. The van der Waals surface area contributed by atoms with Gasteiger partial charge < -0.3 is 15.2 Å². The van der Waals surface area contributed by atoms with Crippen LogP contribution in [0.5, 0.6) is 5.75 Å². The summed E-state index contributed by atoms with van der Waals surface area (Å²) in [4.78, 5) is 0. The molecule has 1 aliphatic carbocycles. The maximum atomic E-state index is 13.1. The lowest BCUT2D eigenvalue weighted by Crippen LogP contribution is -2.18. The number of rotatable bonds is 7. The van der Waals surface area contributed by atoms with Crippen molar-refractivity contribution in [3.05, 3.63) is 29.3 Å². The van der Waals surface area contributed by atoms with E-state index in [4.69, 9.17) is 15.2 Å². The third-order valence-electron chi connectivity index (χ3n) is 3.26. The topological polar surface area (TPSA) is 44.5 Å². The summed E-state index contributed by atoms with van der Waals surface area (Å²) in [5.74, 6) is 0.343. The third-order valence-corrected chi connectivity index (χ3v) is 3.26. The molecule has 1 aliphatic rings. The van der Waals surface area contributed by atoms with E-state index in [1.807, 2.05) is 0 Å². The summed E-state index contributed by atoms with van der Waals surface area (Å²) in [6, 6.07) is 3.84. The molecule has 3 nitrogen and oxygen atoms in total. The quantitative estimate of drug-likeness (QED) is 0.620. The van der Waals surface area contributed by atoms with Gasteiger partial charge in [-0.15, -0.1) is 0 Å². The van der Waals surface area contributed by atoms with E-state index in [0.29, 0.717) is 24.5 Å². The highest BCUT2D eigenvalue weighted by Crippen LogP contribution is 2.37. The second kappa shape index (κ2) is 6.66. The van der Waals surface area contributed by atoms with Gasteiger partial charge in [-0.1, -0.05) is 6.07 Å². The Morgan fingerprint density at radius 3 is 2.62 bits per heavy atom. The van der Waals surface area contributed by atoms with E-state index < -0.39 is 11.7 Å². The number of benzene rings is 1. The lowest BCUT2D eigenvalue weighted by atomic mass is 10.0. The van der Waals surface area contributed by atoms with Crippen LogP contribution in [0.4, 0.5) is 13.2 Å². The summed E-state index contributed by atoms with van der Waals surface area (Å²) in [5, 5.41) is 0. The molecule has 6 heteroatoms. The van der Waals surface area contributed by atoms with Crippen molar-refractivity contribution in [1.29, 1.82) is 0 Å². The number of hydrogen-bond acceptors (Lipinski definition) is 3. The first-order chi connectivity index (χ1) is 9.86. The molecule has 0 heterocycles. The van der Waals surface area contributed by atoms with Gasteiger partial charge in [0.15, 0.2) is 6.79 Å². The van der Waals surface area contributed by atoms with Crippen molar-refractivity contribution >= 4 is 0 Å². The van der Waals surface area contributed by atoms with Gasteiger partial charge in [0.05, 0.1) is 12.2 Å². The molecule has 0 aromatic heterocycles. The molecule has 21 heavy (non-hydrogen) atoms. The molecular weight excluding hydrogens is 283 g/mol. The molecule has 0 amide bonds. The maximum Gasteiger partial charge on any atom is 0.419 e. The number of halogens is 3. The van der Waals surface area contributed by atoms with Crippen LogP contribution in [0.2, 0.25) is 0 Å². The van der Waals surface area contributed by atoms with E-state index in [1.54, 1.807) is 13.0 Å². The van der Waals surface area contributed by atoms with Crippen molar-refractivity contribution in [3.8, 4) is 5.75 Å². The highest BCUT2D eigenvalue weighted by atomic mass is 19.4. The minimum absolute atomic E-state index is 0.160. The summed E-state index contributed by atoms with van der Waals surface area (Å²) < 4.78 is 49.5. The molecule has 2 rings (SSSR count). The van der Waals surface area contributed by atoms with Crippen LogP contribution in [-0.2, 0) is 17.3 Å². The molecule has 118 valence electrons. The summed E-state index contributed by atoms with van der Waals surface area (Å²) in [7, 11) is 0. The zero-order valence-corrected chi connectivity index (χ0v) is 12.0. The van der Waals surface area contributed by atoms with E-state index in [1.165, 1.54) is 6.07 Å². The van der Waals surface area contributed by atoms with Crippen LogP contribution >= 0.6 is 0 Å². The standard InChI is InChI=1S/C15H20F3NO2/c1-10(19)6-12-4-5-14(13(7-12)15(16,17)18)21-9-20-8-11-2-3-11/h4-5,7,10-11H,2-3,6,8-9,19H2,1H3. The minimum atomic E-state index is -4.46. The number of alkyl halides is 3. The van der Waals surface area contributed by atoms with Gasteiger partial charge in [0.25, 0.3) is 0 Å². The lowest BCUT2D eigenvalue weighted by molar-refractivity contribution is -0.139. The molecule has 1 fully saturated rings. The number of ether oxygens (including phenoxy) is 2.